The molecule has 4 nitrogen and oxygen atoms in total. The van der Waals surface area contributed by atoms with Gasteiger partial charge in [0.2, 0.25) is 0 Å². The number of carbonyl (C=O) groups excluding carboxylic acids is 1. The lowest BCUT2D eigenvalue weighted by Gasteiger charge is -2.25. The number of pyridine rings is 1. The standard InChI is InChI=1S/C20H23N3O/c24-20(22-13-5-1-2-6-14-22)17-9-7-12-21-19(17)23-15-11-16-8-3-4-10-18(16)23/h3-4,7-10,12H,1-2,5-6,11,13-15H2. The average Bonchev–Trinajstić information content (AvgIpc) is 2.87. The molecular weight excluding hydrogens is 298 g/mol. The fourth-order valence-corrected chi connectivity index (χ4v) is 3.78. The first kappa shape index (κ1) is 15.2. The Morgan fingerprint density at radius 1 is 0.917 bits per heavy atom. The molecule has 0 saturated carbocycles. The molecule has 4 rings (SSSR count). The smallest absolute Gasteiger partial charge is 0.257 e. The van der Waals surface area contributed by atoms with Gasteiger partial charge in [0.05, 0.1) is 5.56 Å². The van der Waals surface area contributed by atoms with Crippen LogP contribution in [-0.4, -0.2) is 35.4 Å². The Labute approximate surface area is 143 Å². The number of hydrogen-bond donors (Lipinski definition) is 0. The summed E-state index contributed by atoms with van der Waals surface area (Å²) in [5, 5.41) is 0. The van der Waals surface area contributed by atoms with Gasteiger partial charge in [-0.25, -0.2) is 4.98 Å². The van der Waals surface area contributed by atoms with E-state index in [1.54, 1.807) is 6.20 Å². The van der Waals surface area contributed by atoms with Crippen molar-refractivity contribution in [1.82, 2.24) is 9.88 Å². The summed E-state index contributed by atoms with van der Waals surface area (Å²) in [6, 6.07) is 12.2. The van der Waals surface area contributed by atoms with E-state index in [-0.39, 0.29) is 5.91 Å². The topological polar surface area (TPSA) is 36.4 Å². The molecular formula is C20H23N3O. The van der Waals surface area contributed by atoms with E-state index >= 15 is 0 Å². The van der Waals surface area contributed by atoms with Crippen molar-refractivity contribution in [2.24, 2.45) is 0 Å². The second-order valence-electron chi connectivity index (χ2n) is 6.61. The van der Waals surface area contributed by atoms with Crippen LogP contribution in [0.25, 0.3) is 0 Å². The first-order valence-electron chi connectivity index (χ1n) is 8.94. The third kappa shape index (κ3) is 2.77. The number of benzene rings is 1. The van der Waals surface area contributed by atoms with Crippen LogP contribution in [0.3, 0.4) is 0 Å². The van der Waals surface area contributed by atoms with Crippen LogP contribution in [0, 0.1) is 0 Å². The summed E-state index contributed by atoms with van der Waals surface area (Å²) >= 11 is 0. The van der Waals surface area contributed by atoms with E-state index in [1.807, 2.05) is 17.0 Å². The molecule has 0 aliphatic carbocycles. The van der Waals surface area contributed by atoms with Crippen LogP contribution in [-0.2, 0) is 6.42 Å². The Bertz CT molecular complexity index is 735. The van der Waals surface area contributed by atoms with Crippen LogP contribution >= 0.6 is 0 Å². The van der Waals surface area contributed by atoms with Crippen LogP contribution in [0.4, 0.5) is 11.5 Å². The molecule has 1 aromatic heterocycles. The highest BCUT2D eigenvalue weighted by Gasteiger charge is 2.27. The third-order valence-electron chi connectivity index (χ3n) is 5.05. The molecule has 4 heteroatoms. The SMILES string of the molecule is O=C(c1cccnc1N1CCc2ccccc21)N1CCCCCC1. The number of carbonyl (C=O) groups is 1. The maximum atomic E-state index is 13.1. The highest BCUT2D eigenvalue weighted by Crippen LogP contribution is 2.35. The monoisotopic (exact) mass is 321 g/mol. The van der Waals surface area contributed by atoms with Gasteiger partial charge in [-0.2, -0.15) is 0 Å². The predicted octanol–water partition coefficient (Wildman–Crippen LogP) is 3.79. The number of rotatable bonds is 2. The molecule has 1 fully saturated rings. The molecule has 0 radical (unpaired) electrons. The van der Waals surface area contributed by atoms with Crippen LogP contribution < -0.4 is 4.90 Å². The Morgan fingerprint density at radius 3 is 2.54 bits per heavy atom. The second-order valence-corrected chi connectivity index (χ2v) is 6.61. The Morgan fingerprint density at radius 2 is 1.71 bits per heavy atom. The number of fused-ring (bicyclic) bond motifs is 1. The number of anilines is 2. The highest BCUT2D eigenvalue weighted by molar-refractivity contribution is 6.00. The lowest BCUT2D eigenvalue weighted by Crippen LogP contribution is -2.33. The largest absolute Gasteiger partial charge is 0.339 e. The molecule has 2 aromatic rings. The van der Waals surface area contributed by atoms with Gasteiger partial charge in [0.15, 0.2) is 0 Å². The summed E-state index contributed by atoms with van der Waals surface area (Å²) in [4.78, 5) is 21.9. The molecule has 3 heterocycles. The Balaban J connectivity index is 1.67. The fraction of sp³-hybridized carbons (Fsp3) is 0.400. The van der Waals surface area contributed by atoms with Crippen molar-refractivity contribution in [1.29, 1.82) is 0 Å². The molecule has 0 spiro atoms. The molecule has 1 saturated heterocycles. The maximum absolute atomic E-state index is 13.1. The molecule has 124 valence electrons. The maximum Gasteiger partial charge on any atom is 0.257 e. The lowest BCUT2D eigenvalue weighted by atomic mass is 10.1. The first-order chi connectivity index (χ1) is 11.8. The number of para-hydroxylation sites is 1. The minimum absolute atomic E-state index is 0.129. The second kappa shape index (κ2) is 6.63. The van der Waals surface area contributed by atoms with E-state index in [1.165, 1.54) is 24.1 Å². The zero-order valence-electron chi connectivity index (χ0n) is 13.9. The molecule has 0 atom stereocenters. The van der Waals surface area contributed by atoms with E-state index in [0.29, 0.717) is 0 Å². The quantitative estimate of drug-likeness (QED) is 0.844. The number of amides is 1. The molecule has 2 aliphatic heterocycles. The van der Waals surface area contributed by atoms with Crippen molar-refractivity contribution in [3.63, 3.8) is 0 Å². The van der Waals surface area contributed by atoms with Gasteiger partial charge in [-0.1, -0.05) is 31.0 Å². The normalized spacial score (nSPS) is 17.5. The van der Waals surface area contributed by atoms with Crippen molar-refractivity contribution in [3.05, 3.63) is 53.7 Å². The van der Waals surface area contributed by atoms with Crippen LogP contribution in [0.15, 0.2) is 42.6 Å². The van der Waals surface area contributed by atoms with Crippen molar-refractivity contribution in [3.8, 4) is 0 Å². The van der Waals surface area contributed by atoms with Crippen molar-refractivity contribution in [2.45, 2.75) is 32.1 Å². The summed E-state index contributed by atoms with van der Waals surface area (Å²) < 4.78 is 0. The first-order valence-corrected chi connectivity index (χ1v) is 8.94. The number of aromatic nitrogens is 1. The Hall–Kier alpha value is -2.36. The summed E-state index contributed by atoms with van der Waals surface area (Å²) in [5.74, 6) is 0.932. The van der Waals surface area contributed by atoms with E-state index < -0.39 is 0 Å². The van der Waals surface area contributed by atoms with Crippen LogP contribution in [0.2, 0.25) is 0 Å². The number of nitrogens with zero attached hydrogens (tertiary/aromatic N) is 3. The number of likely N-dealkylation sites (tertiary alicyclic amines) is 1. The third-order valence-corrected chi connectivity index (χ3v) is 5.05. The molecule has 2 aliphatic rings. The van der Waals surface area contributed by atoms with Gasteiger partial charge in [-0.3, -0.25) is 4.79 Å². The van der Waals surface area contributed by atoms with Crippen LogP contribution in [0.5, 0.6) is 0 Å². The Kier molecular flexibility index (Phi) is 4.20. The number of hydrogen-bond acceptors (Lipinski definition) is 3. The fourth-order valence-electron chi connectivity index (χ4n) is 3.78. The zero-order chi connectivity index (χ0) is 16.4. The summed E-state index contributed by atoms with van der Waals surface area (Å²) in [6.45, 7) is 2.62. The van der Waals surface area contributed by atoms with Gasteiger partial charge < -0.3 is 9.80 Å². The van der Waals surface area contributed by atoms with Gasteiger partial charge in [0.1, 0.15) is 5.82 Å². The highest BCUT2D eigenvalue weighted by atomic mass is 16.2. The molecule has 0 unspecified atom stereocenters. The predicted molar refractivity (Wildman–Crippen MR) is 95.8 cm³/mol. The van der Waals surface area contributed by atoms with Gasteiger partial charge in [-0.15, -0.1) is 0 Å². The van der Waals surface area contributed by atoms with Crippen molar-refractivity contribution in [2.75, 3.05) is 24.5 Å². The van der Waals surface area contributed by atoms with Gasteiger partial charge >= 0.3 is 0 Å². The van der Waals surface area contributed by atoms with Crippen LogP contribution in [0.1, 0.15) is 41.6 Å². The van der Waals surface area contributed by atoms with Gasteiger partial charge in [-0.05, 0) is 43.0 Å². The summed E-state index contributed by atoms with van der Waals surface area (Å²) in [7, 11) is 0. The van der Waals surface area contributed by atoms with Gasteiger partial charge in [0.25, 0.3) is 5.91 Å². The van der Waals surface area contributed by atoms with E-state index in [9.17, 15) is 4.79 Å². The molecule has 24 heavy (non-hydrogen) atoms. The average molecular weight is 321 g/mol. The van der Waals surface area contributed by atoms with Crippen molar-refractivity contribution < 1.29 is 4.79 Å². The summed E-state index contributed by atoms with van der Waals surface area (Å²) in [6.07, 6.45) is 7.45. The van der Waals surface area contributed by atoms with Crippen molar-refractivity contribution >= 4 is 17.4 Å². The molecule has 1 aromatic carbocycles. The summed E-state index contributed by atoms with van der Waals surface area (Å²) in [5.41, 5.74) is 3.24. The van der Waals surface area contributed by atoms with E-state index in [0.717, 1.165) is 50.3 Å². The van der Waals surface area contributed by atoms with E-state index in [4.69, 9.17) is 0 Å². The van der Waals surface area contributed by atoms with Gasteiger partial charge in [0, 0.05) is 31.5 Å². The molecule has 1 amide bonds. The molecule has 0 bridgehead atoms. The zero-order valence-corrected chi connectivity index (χ0v) is 13.9. The lowest BCUT2D eigenvalue weighted by molar-refractivity contribution is 0.0762. The minimum atomic E-state index is 0.129. The van der Waals surface area contributed by atoms with E-state index in [2.05, 4.69) is 34.1 Å². The minimum Gasteiger partial charge on any atom is -0.339 e. The molecule has 0 N–H and O–H groups in total.